The van der Waals surface area contributed by atoms with Crippen molar-refractivity contribution in [1.29, 1.82) is 0 Å². The minimum Gasteiger partial charge on any atom is -0.496 e. The third-order valence-corrected chi connectivity index (χ3v) is 4.30. The molecule has 5 heteroatoms. The zero-order chi connectivity index (χ0) is 17.6. The molecule has 1 heterocycles. The second-order valence-corrected chi connectivity index (χ2v) is 6.46. The van der Waals surface area contributed by atoms with Crippen LogP contribution in [-0.2, 0) is 13.1 Å². The molecule has 1 aliphatic rings. The van der Waals surface area contributed by atoms with Crippen LogP contribution in [0.2, 0.25) is 0 Å². The molecule has 0 radical (unpaired) electrons. The molecule has 3 rings (SSSR count). The van der Waals surface area contributed by atoms with Crippen LogP contribution in [0, 0.1) is 5.92 Å². The Morgan fingerprint density at radius 3 is 2.52 bits per heavy atom. The maximum Gasteiger partial charge on any atom is 0.231 e. The van der Waals surface area contributed by atoms with E-state index in [1.54, 1.807) is 7.11 Å². The van der Waals surface area contributed by atoms with E-state index in [1.807, 2.05) is 30.3 Å². The van der Waals surface area contributed by atoms with Gasteiger partial charge in [0, 0.05) is 37.9 Å². The molecule has 0 amide bonds. The van der Waals surface area contributed by atoms with Crippen molar-refractivity contribution >= 4 is 0 Å². The minimum absolute atomic E-state index is 0.170. The summed E-state index contributed by atoms with van der Waals surface area (Å²) in [4.78, 5) is 2.32. The largest absolute Gasteiger partial charge is 0.496 e. The number of hydrogen-bond acceptors (Lipinski definition) is 5. The second kappa shape index (κ2) is 8.23. The number of aliphatic hydroxyl groups excluding tert-OH is 1. The van der Waals surface area contributed by atoms with Gasteiger partial charge in [-0.05, 0) is 17.5 Å². The molecule has 1 aliphatic heterocycles. The van der Waals surface area contributed by atoms with Gasteiger partial charge in [-0.3, -0.25) is 4.90 Å². The molecule has 1 atom stereocenters. The predicted octanol–water partition coefficient (Wildman–Crippen LogP) is 3.05. The van der Waals surface area contributed by atoms with Gasteiger partial charge in [-0.25, -0.2) is 0 Å². The molecule has 134 valence electrons. The number of benzene rings is 2. The van der Waals surface area contributed by atoms with Gasteiger partial charge in [-0.2, -0.15) is 0 Å². The van der Waals surface area contributed by atoms with E-state index in [0.717, 1.165) is 35.9 Å². The Morgan fingerprint density at radius 1 is 1.12 bits per heavy atom. The molecule has 2 aromatic rings. The summed E-state index contributed by atoms with van der Waals surface area (Å²) in [6.45, 7) is 4.78. The van der Waals surface area contributed by atoms with Crippen molar-refractivity contribution in [3.05, 3.63) is 53.6 Å². The van der Waals surface area contributed by atoms with Crippen LogP contribution in [0.15, 0.2) is 42.5 Å². The van der Waals surface area contributed by atoms with Crippen molar-refractivity contribution in [1.82, 2.24) is 4.90 Å². The molecular formula is C20H25NO4. The van der Waals surface area contributed by atoms with Crippen molar-refractivity contribution in [3.8, 4) is 17.2 Å². The number of fused-ring (bicyclic) bond motifs is 1. The Bertz CT molecular complexity index is 690. The molecule has 25 heavy (non-hydrogen) atoms. The van der Waals surface area contributed by atoms with Crippen molar-refractivity contribution in [2.24, 2.45) is 5.92 Å². The van der Waals surface area contributed by atoms with Gasteiger partial charge in [-0.1, -0.05) is 37.3 Å². The molecule has 0 saturated heterocycles. The molecule has 0 spiro atoms. The summed E-state index contributed by atoms with van der Waals surface area (Å²) >= 11 is 0. The van der Waals surface area contributed by atoms with Crippen LogP contribution in [0.4, 0.5) is 0 Å². The lowest BCUT2D eigenvalue weighted by atomic mass is 10.1. The van der Waals surface area contributed by atoms with Crippen LogP contribution in [0.25, 0.3) is 0 Å². The van der Waals surface area contributed by atoms with Gasteiger partial charge >= 0.3 is 0 Å². The Labute approximate surface area is 148 Å². The maximum absolute atomic E-state index is 9.46. The topological polar surface area (TPSA) is 51.2 Å². The third-order valence-electron chi connectivity index (χ3n) is 4.30. The lowest BCUT2D eigenvalue weighted by Gasteiger charge is -2.26. The molecule has 0 fully saturated rings. The molecular weight excluding hydrogens is 318 g/mol. The van der Waals surface area contributed by atoms with E-state index < -0.39 is 0 Å². The normalized spacial score (nSPS) is 13.9. The molecule has 0 aliphatic carbocycles. The Balaban J connectivity index is 1.81. The molecule has 5 nitrogen and oxygen atoms in total. The van der Waals surface area contributed by atoms with E-state index in [-0.39, 0.29) is 19.3 Å². The zero-order valence-corrected chi connectivity index (χ0v) is 14.8. The highest BCUT2D eigenvalue weighted by Gasteiger charge is 2.20. The fourth-order valence-electron chi connectivity index (χ4n) is 3.05. The van der Waals surface area contributed by atoms with E-state index in [0.29, 0.717) is 6.54 Å². The van der Waals surface area contributed by atoms with Crippen molar-refractivity contribution < 1.29 is 19.3 Å². The maximum atomic E-state index is 9.46. The van der Waals surface area contributed by atoms with Crippen molar-refractivity contribution in [3.63, 3.8) is 0 Å². The number of ether oxygens (including phenoxy) is 3. The van der Waals surface area contributed by atoms with E-state index >= 15 is 0 Å². The van der Waals surface area contributed by atoms with E-state index in [2.05, 4.69) is 24.0 Å². The number of hydrogen-bond donors (Lipinski definition) is 1. The SMILES string of the molecule is COc1cc2c(cc1CN(Cc1ccccc1)C[C@@H](C)CO)OCO2. The van der Waals surface area contributed by atoms with Crippen LogP contribution < -0.4 is 14.2 Å². The second-order valence-electron chi connectivity index (χ2n) is 6.46. The highest BCUT2D eigenvalue weighted by atomic mass is 16.7. The van der Waals surface area contributed by atoms with Gasteiger partial charge in [0.25, 0.3) is 0 Å². The minimum atomic E-state index is 0.170. The van der Waals surface area contributed by atoms with E-state index in [4.69, 9.17) is 14.2 Å². The molecule has 1 N–H and O–H groups in total. The lowest BCUT2D eigenvalue weighted by Crippen LogP contribution is -2.29. The Morgan fingerprint density at radius 2 is 1.84 bits per heavy atom. The first kappa shape index (κ1) is 17.6. The van der Waals surface area contributed by atoms with E-state index in [9.17, 15) is 5.11 Å². The van der Waals surface area contributed by atoms with Gasteiger partial charge in [0.05, 0.1) is 7.11 Å². The van der Waals surface area contributed by atoms with Crippen LogP contribution in [0.3, 0.4) is 0 Å². The fourth-order valence-corrected chi connectivity index (χ4v) is 3.05. The fraction of sp³-hybridized carbons (Fsp3) is 0.400. The molecule has 0 bridgehead atoms. The first-order valence-corrected chi connectivity index (χ1v) is 8.53. The summed E-state index contributed by atoms with van der Waals surface area (Å²) in [6, 6.07) is 14.2. The Hall–Kier alpha value is -2.24. The molecule has 0 aromatic heterocycles. The van der Waals surface area contributed by atoms with Gasteiger partial charge in [0.15, 0.2) is 11.5 Å². The van der Waals surface area contributed by atoms with Gasteiger partial charge < -0.3 is 19.3 Å². The quantitative estimate of drug-likeness (QED) is 0.798. The van der Waals surface area contributed by atoms with E-state index in [1.165, 1.54) is 5.56 Å². The average molecular weight is 343 g/mol. The third kappa shape index (κ3) is 4.44. The first-order chi connectivity index (χ1) is 12.2. The molecule has 0 saturated carbocycles. The monoisotopic (exact) mass is 343 g/mol. The number of methoxy groups -OCH3 is 1. The summed E-state index contributed by atoms with van der Waals surface area (Å²) in [5.74, 6) is 2.47. The standard InChI is InChI=1S/C20H25NO4/c1-15(13-22)10-21(11-16-6-4-3-5-7-16)12-17-8-19-20(25-14-24-19)9-18(17)23-2/h3-9,15,22H,10-14H2,1-2H3/t15-/m1/s1. The summed E-state index contributed by atoms with van der Waals surface area (Å²) in [5, 5.41) is 9.46. The van der Waals surface area contributed by atoms with Crippen LogP contribution in [0.1, 0.15) is 18.1 Å². The zero-order valence-electron chi connectivity index (χ0n) is 14.8. The average Bonchev–Trinajstić information content (AvgIpc) is 3.09. The summed E-state index contributed by atoms with van der Waals surface area (Å²) in [5.41, 5.74) is 2.29. The summed E-state index contributed by atoms with van der Waals surface area (Å²) in [7, 11) is 1.67. The first-order valence-electron chi connectivity index (χ1n) is 8.53. The van der Waals surface area contributed by atoms with Gasteiger partial charge in [0.2, 0.25) is 6.79 Å². The lowest BCUT2D eigenvalue weighted by molar-refractivity contribution is 0.162. The van der Waals surface area contributed by atoms with Crippen molar-refractivity contribution in [2.45, 2.75) is 20.0 Å². The number of aliphatic hydroxyl groups is 1. The van der Waals surface area contributed by atoms with Crippen LogP contribution >= 0.6 is 0 Å². The number of rotatable bonds is 8. The smallest absolute Gasteiger partial charge is 0.231 e. The van der Waals surface area contributed by atoms with Crippen molar-refractivity contribution in [2.75, 3.05) is 27.1 Å². The van der Waals surface area contributed by atoms with Crippen LogP contribution in [-0.4, -0.2) is 37.1 Å². The molecule has 2 aromatic carbocycles. The van der Waals surface area contributed by atoms with Gasteiger partial charge in [-0.15, -0.1) is 0 Å². The Kier molecular flexibility index (Phi) is 5.79. The highest BCUT2D eigenvalue weighted by molar-refractivity contribution is 5.51. The highest BCUT2D eigenvalue weighted by Crippen LogP contribution is 2.38. The summed E-state index contributed by atoms with van der Waals surface area (Å²) < 4.78 is 16.5. The molecule has 0 unspecified atom stereocenters. The predicted molar refractivity (Wildman–Crippen MR) is 95.9 cm³/mol. The summed E-state index contributed by atoms with van der Waals surface area (Å²) in [6.07, 6.45) is 0. The number of nitrogens with zero attached hydrogens (tertiary/aromatic N) is 1. The van der Waals surface area contributed by atoms with Crippen LogP contribution in [0.5, 0.6) is 17.2 Å². The van der Waals surface area contributed by atoms with Gasteiger partial charge in [0.1, 0.15) is 5.75 Å².